The van der Waals surface area contributed by atoms with Crippen molar-refractivity contribution in [3.63, 3.8) is 0 Å². The average molecular weight is 287 g/mol. The van der Waals surface area contributed by atoms with E-state index in [1.54, 1.807) is 24.3 Å². The molecule has 0 spiro atoms. The molecule has 4 nitrogen and oxygen atoms in total. The second kappa shape index (κ2) is 6.18. The van der Waals surface area contributed by atoms with E-state index in [0.717, 1.165) is 25.9 Å². The van der Waals surface area contributed by atoms with Crippen LogP contribution in [0.15, 0.2) is 41.2 Å². The molecule has 0 radical (unpaired) electrons. The highest BCUT2D eigenvalue weighted by atomic mass is 19.1. The van der Waals surface area contributed by atoms with Crippen LogP contribution in [0.5, 0.6) is 0 Å². The number of piperidine rings is 1. The highest BCUT2D eigenvalue weighted by Crippen LogP contribution is 2.19. The van der Waals surface area contributed by atoms with Crippen molar-refractivity contribution in [2.45, 2.75) is 25.9 Å². The van der Waals surface area contributed by atoms with Crippen LogP contribution >= 0.6 is 0 Å². The number of hydrogen-bond acceptors (Lipinski definition) is 3. The molecule has 1 saturated heterocycles. The van der Waals surface area contributed by atoms with Crippen molar-refractivity contribution in [2.75, 3.05) is 13.1 Å². The topological polar surface area (TPSA) is 38.1 Å². The van der Waals surface area contributed by atoms with Crippen molar-refractivity contribution in [3.05, 3.63) is 52.6 Å². The average Bonchev–Trinajstić information content (AvgIpc) is 2.51. The molecule has 3 rings (SSSR count). The van der Waals surface area contributed by atoms with Gasteiger partial charge in [0.25, 0.3) is 5.56 Å². The molecule has 0 aliphatic carbocycles. The van der Waals surface area contributed by atoms with Crippen LogP contribution < -0.4 is 5.56 Å². The van der Waals surface area contributed by atoms with E-state index in [2.05, 4.69) is 10.00 Å². The van der Waals surface area contributed by atoms with Crippen molar-refractivity contribution in [2.24, 2.45) is 0 Å². The fourth-order valence-electron chi connectivity index (χ4n) is 2.65. The molecule has 1 aromatic carbocycles. The van der Waals surface area contributed by atoms with Gasteiger partial charge in [0.05, 0.1) is 12.4 Å². The molecule has 1 aliphatic rings. The van der Waals surface area contributed by atoms with Gasteiger partial charge in [-0.25, -0.2) is 9.07 Å². The Morgan fingerprint density at radius 1 is 1.05 bits per heavy atom. The highest BCUT2D eigenvalue weighted by Gasteiger charge is 2.13. The summed E-state index contributed by atoms with van der Waals surface area (Å²) >= 11 is 0. The van der Waals surface area contributed by atoms with Gasteiger partial charge in [0.15, 0.2) is 0 Å². The van der Waals surface area contributed by atoms with E-state index in [-0.39, 0.29) is 11.4 Å². The molecule has 1 aliphatic heterocycles. The van der Waals surface area contributed by atoms with Crippen LogP contribution in [0.3, 0.4) is 0 Å². The first-order valence-electron chi connectivity index (χ1n) is 7.29. The van der Waals surface area contributed by atoms with E-state index in [1.165, 1.54) is 23.2 Å². The fourth-order valence-corrected chi connectivity index (χ4v) is 2.65. The molecule has 0 N–H and O–H groups in total. The smallest absolute Gasteiger partial charge is 0.268 e. The number of rotatable bonds is 3. The second-order valence-electron chi connectivity index (χ2n) is 5.36. The Balaban J connectivity index is 1.89. The molecule has 1 aromatic heterocycles. The Labute approximate surface area is 122 Å². The van der Waals surface area contributed by atoms with Gasteiger partial charge >= 0.3 is 0 Å². The van der Waals surface area contributed by atoms with E-state index < -0.39 is 0 Å². The molecule has 0 bridgehead atoms. The van der Waals surface area contributed by atoms with Gasteiger partial charge in [-0.1, -0.05) is 18.6 Å². The maximum Gasteiger partial charge on any atom is 0.268 e. The summed E-state index contributed by atoms with van der Waals surface area (Å²) in [5.41, 5.74) is 0.760. The fraction of sp³-hybridized carbons (Fsp3) is 0.375. The molecule has 5 heteroatoms. The summed E-state index contributed by atoms with van der Waals surface area (Å²) in [5, 5.41) is 4.32. The van der Waals surface area contributed by atoms with Crippen LogP contribution in [-0.2, 0) is 6.67 Å². The maximum absolute atomic E-state index is 13.8. The third kappa shape index (κ3) is 3.19. The van der Waals surface area contributed by atoms with Gasteiger partial charge in [0.2, 0.25) is 0 Å². The minimum absolute atomic E-state index is 0.152. The number of likely N-dealkylation sites (tertiary alicyclic amines) is 1. The lowest BCUT2D eigenvalue weighted by Gasteiger charge is -2.26. The summed E-state index contributed by atoms with van der Waals surface area (Å²) in [7, 11) is 0. The zero-order valence-corrected chi connectivity index (χ0v) is 11.8. The molecular weight excluding hydrogens is 269 g/mol. The predicted octanol–water partition coefficient (Wildman–Crippen LogP) is 2.49. The maximum atomic E-state index is 13.8. The summed E-state index contributed by atoms with van der Waals surface area (Å²) in [4.78, 5) is 14.2. The molecule has 0 amide bonds. The normalized spacial score (nSPS) is 16.0. The van der Waals surface area contributed by atoms with Crippen molar-refractivity contribution in [1.29, 1.82) is 0 Å². The van der Waals surface area contributed by atoms with Gasteiger partial charge in [0, 0.05) is 11.6 Å². The minimum Gasteiger partial charge on any atom is -0.284 e. The van der Waals surface area contributed by atoms with Crippen LogP contribution in [0, 0.1) is 5.82 Å². The highest BCUT2D eigenvalue weighted by molar-refractivity contribution is 5.58. The van der Waals surface area contributed by atoms with Crippen molar-refractivity contribution < 1.29 is 4.39 Å². The molecule has 2 heterocycles. The molecule has 21 heavy (non-hydrogen) atoms. The van der Waals surface area contributed by atoms with Crippen molar-refractivity contribution in [3.8, 4) is 11.3 Å². The van der Waals surface area contributed by atoms with Gasteiger partial charge in [0.1, 0.15) is 5.82 Å². The second-order valence-corrected chi connectivity index (χ2v) is 5.36. The monoisotopic (exact) mass is 287 g/mol. The predicted molar refractivity (Wildman–Crippen MR) is 79.3 cm³/mol. The minimum atomic E-state index is -0.326. The molecule has 0 saturated carbocycles. The molecule has 0 atom stereocenters. The first-order valence-corrected chi connectivity index (χ1v) is 7.29. The lowest BCUT2D eigenvalue weighted by molar-refractivity contribution is 0.170. The Bertz CT molecular complexity index is 677. The van der Waals surface area contributed by atoms with Gasteiger partial charge < -0.3 is 0 Å². The van der Waals surface area contributed by atoms with E-state index in [4.69, 9.17) is 0 Å². The SMILES string of the molecule is O=c1ccc(-c2ccccc2F)nn1CN1CCCCC1. The first kappa shape index (κ1) is 13.9. The van der Waals surface area contributed by atoms with Crippen molar-refractivity contribution in [1.82, 2.24) is 14.7 Å². The van der Waals surface area contributed by atoms with Gasteiger partial charge in [-0.05, 0) is 44.1 Å². The van der Waals surface area contributed by atoms with E-state index in [0.29, 0.717) is 17.9 Å². The molecule has 1 fully saturated rings. The third-order valence-corrected chi connectivity index (χ3v) is 3.80. The molecule has 110 valence electrons. The molecule has 2 aromatic rings. The first-order chi connectivity index (χ1) is 10.2. The largest absolute Gasteiger partial charge is 0.284 e. The Morgan fingerprint density at radius 3 is 2.57 bits per heavy atom. The van der Waals surface area contributed by atoms with Gasteiger partial charge in [-0.2, -0.15) is 5.10 Å². The number of nitrogens with zero attached hydrogens (tertiary/aromatic N) is 3. The zero-order valence-electron chi connectivity index (χ0n) is 11.8. The van der Waals surface area contributed by atoms with E-state index in [1.807, 2.05) is 0 Å². The van der Waals surface area contributed by atoms with Crippen LogP contribution in [0.2, 0.25) is 0 Å². The summed E-state index contributed by atoms with van der Waals surface area (Å²) in [5.74, 6) is -0.326. The van der Waals surface area contributed by atoms with Crippen LogP contribution in [0.1, 0.15) is 19.3 Å². The lowest BCUT2D eigenvalue weighted by atomic mass is 10.1. The summed E-state index contributed by atoms with van der Waals surface area (Å²) in [6, 6.07) is 9.51. The zero-order chi connectivity index (χ0) is 14.7. The summed E-state index contributed by atoms with van der Waals surface area (Å²) < 4.78 is 15.3. The Kier molecular flexibility index (Phi) is 4.10. The van der Waals surface area contributed by atoms with Gasteiger partial charge in [-0.15, -0.1) is 0 Å². The van der Waals surface area contributed by atoms with E-state index in [9.17, 15) is 9.18 Å². The van der Waals surface area contributed by atoms with Crippen LogP contribution in [-0.4, -0.2) is 27.8 Å². The van der Waals surface area contributed by atoms with Gasteiger partial charge in [-0.3, -0.25) is 9.69 Å². The number of halogens is 1. The molecule has 0 unspecified atom stereocenters. The quantitative estimate of drug-likeness (QED) is 0.870. The number of hydrogen-bond donors (Lipinski definition) is 0. The molecular formula is C16H18FN3O. The van der Waals surface area contributed by atoms with E-state index >= 15 is 0 Å². The van der Waals surface area contributed by atoms with Crippen LogP contribution in [0.4, 0.5) is 4.39 Å². The number of aromatic nitrogens is 2. The van der Waals surface area contributed by atoms with Crippen molar-refractivity contribution >= 4 is 0 Å². The summed E-state index contributed by atoms with van der Waals surface area (Å²) in [6.45, 7) is 2.44. The third-order valence-electron chi connectivity index (χ3n) is 3.80. The Morgan fingerprint density at radius 2 is 1.81 bits per heavy atom. The standard InChI is InChI=1S/C16H18FN3O/c17-14-7-3-2-6-13(14)15-8-9-16(21)20(18-15)12-19-10-4-1-5-11-19/h2-3,6-9H,1,4-5,10-12H2. The lowest BCUT2D eigenvalue weighted by Crippen LogP contribution is -2.36. The number of benzene rings is 1. The summed E-state index contributed by atoms with van der Waals surface area (Å²) in [6.07, 6.45) is 3.55. The Hall–Kier alpha value is -2.01. The van der Waals surface area contributed by atoms with Crippen LogP contribution in [0.25, 0.3) is 11.3 Å².